The van der Waals surface area contributed by atoms with Gasteiger partial charge in [-0.05, 0) is 29.2 Å². The van der Waals surface area contributed by atoms with Crippen molar-refractivity contribution in [2.45, 2.75) is 52.7 Å². The number of esters is 4. The first kappa shape index (κ1) is 27.8. The van der Waals surface area contributed by atoms with Crippen molar-refractivity contribution in [2.24, 2.45) is 5.92 Å². The van der Waals surface area contributed by atoms with Crippen LogP contribution in [0.5, 0.6) is 0 Å². The molecule has 1 unspecified atom stereocenters. The first-order chi connectivity index (χ1) is 16.7. The van der Waals surface area contributed by atoms with Crippen molar-refractivity contribution in [2.75, 3.05) is 20.0 Å². The van der Waals surface area contributed by atoms with E-state index in [-0.39, 0.29) is 13.2 Å². The molecular weight excluding hydrogens is 456 g/mol. The van der Waals surface area contributed by atoms with Gasteiger partial charge < -0.3 is 23.7 Å². The fourth-order valence-electron chi connectivity index (χ4n) is 3.62. The van der Waals surface area contributed by atoms with E-state index in [4.69, 9.17) is 23.7 Å². The van der Waals surface area contributed by atoms with Gasteiger partial charge in [-0.25, -0.2) is 0 Å². The molecular formula is C26H32O9. The Morgan fingerprint density at radius 2 is 1.37 bits per heavy atom. The second-order valence-electron chi connectivity index (χ2n) is 8.12. The fraction of sp³-hybridized carbons (Fsp3) is 0.462. The second-order valence-corrected chi connectivity index (χ2v) is 8.12. The summed E-state index contributed by atoms with van der Waals surface area (Å²) < 4.78 is 26.4. The highest BCUT2D eigenvalue weighted by Gasteiger charge is 2.35. The predicted octanol–water partition coefficient (Wildman–Crippen LogP) is 3.35. The van der Waals surface area contributed by atoms with Crippen LogP contribution in [0, 0.1) is 5.92 Å². The number of hydrogen-bond acceptors (Lipinski definition) is 9. The molecule has 0 saturated carbocycles. The van der Waals surface area contributed by atoms with Crippen molar-refractivity contribution in [3.05, 3.63) is 48.0 Å². The van der Waals surface area contributed by atoms with Crippen LogP contribution in [0.15, 0.2) is 42.5 Å². The minimum Gasteiger partial charge on any atom is -0.465 e. The Kier molecular flexibility index (Phi) is 11.2. The molecule has 190 valence electrons. The first-order valence-electron chi connectivity index (χ1n) is 11.3. The molecule has 9 nitrogen and oxygen atoms in total. The van der Waals surface area contributed by atoms with E-state index in [1.54, 1.807) is 0 Å². The molecule has 9 heteroatoms. The van der Waals surface area contributed by atoms with Crippen LogP contribution in [-0.2, 0) is 49.3 Å². The molecule has 0 heterocycles. The molecule has 35 heavy (non-hydrogen) atoms. The Labute approximate surface area is 204 Å². The van der Waals surface area contributed by atoms with Gasteiger partial charge in [0, 0.05) is 33.6 Å². The van der Waals surface area contributed by atoms with Crippen LogP contribution in [0.3, 0.4) is 0 Å². The van der Waals surface area contributed by atoms with Crippen molar-refractivity contribution in [1.82, 2.24) is 0 Å². The third-order valence-corrected chi connectivity index (χ3v) is 5.25. The average Bonchev–Trinajstić information content (AvgIpc) is 2.79. The standard InChI is InChI=1S/C26H32O9/c1-17(27)31-14-24(12-10-21-9-11-22-7-5-6-8-23(22)13-21)26(35-20(4)30)25(15-32-18(2)28)34-16-33-19(3)29/h5-9,11,13,24-26H,10,12,14-16H2,1-4H3/t24-,25?,26+/m1/s1. The molecule has 0 aliphatic rings. The topological polar surface area (TPSA) is 114 Å². The molecule has 0 aliphatic carbocycles. The lowest BCUT2D eigenvalue weighted by Crippen LogP contribution is -2.44. The number of benzene rings is 2. The lowest BCUT2D eigenvalue weighted by molar-refractivity contribution is -0.191. The van der Waals surface area contributed by atoms with Crippen molar-refractivity contribution in [1.29, 1.82) is 0 Å². The summed E-state index contributed by atoms with van der Waals surface area (Å²) in [5.74, 6) is -2.68. The average molecular weight is 489 g/mol. The summed E-state index contributed by atoms with van der Waals surface area (Å²) in [4.78, 5) is 46.1. The summed E-state index contributed by atoms with van der Waals surface area (Å²) in [6, 6.07) is 14.1. The fourth-order valence-corrected chi connectivity index (χ4v) is 3.62. The number of rotatable bonds is 13. The number of ether oxygens (including phenoxy) is 5. The van der Waals surface area contributed by atoms with Gasteiger partial charge in [-0.15, -0.1) is 0 Å². The molecule has 0 aliphatic heterocycles. The third-order valence-electron chi connectivity index (χ3n) is 5.25. The van der Waals surface area contributed by atoms with Crippen molar-refractivity contribution in [3.63, 3.8) is 0 Å². The number of carbonyl (C=O) groups excluding carboxylic acids is 4. The molecule has 0 fully saturated rings. The normalized spacial score (nSPS) is 13.4. The smallest absolute Gasteiger partial charge is 0.304 e. The number of hydrogen-bond donors (Lipinski definition) is 0. The number of aryl methyl sites for hydroxylation is 1. The molecule has 3 atom stereocenters. The molecule has 0 amide bonds. The quantitative estimate of drug-likeness (QED) is 0.238. The zero-order valence-corrected chi connectivity index (χ0v) is 20.5. The third kappa shape index (κ3) is 10.1. The van der Waals surface area contributed by atoms with Crippen LogP contribution in [0.2, 0.25) is 0 Å². The summed E-state index contributed by atoms with van der Waals surface area (Å²) in [5.41, 5.74) is 1.05. The summed E-state index contributed by atoms with van der Waals surface area (Å²) in [6.07, 6.45) is -0.836. The van der Waals surface area contributed by atoms with Crippen molar-refractivity contribution >= 4 is 34.6 Å². The van der Waals surface area contributed by atoms with E-state index >= 15 is 0 Å². The van der Waals surface area contributed by atoms with Gasteiger partial charge in [0.25, 0.3) is 0 Å². The van der Waals surface area contributed by atoms with Crippen LogP contribution in [-0.4, -0.2) is 56.1 Å². The SMILES string of the molecule is CC(=O)OCOC(COC(C)=O)[C@@H](OC(C)=O)[C@H](CCc1ccc2ccccc2c1)COC(C)=O. The monoisotopic (exact) mass is 488 g/mol. The molecule has 2 aromatic carbocycles. The minimum absolute atomic E-state index is 0.0473. The van der Waals surface area contributed by atoms with E-state index < -0.39 is 48.8 Å². The zero-order valence-electron chi connectivity index (χ0n) is 20.5. The highest BCUT2D eigenvalue weighted by atomic mass is 16.7. The number of carbonyl (C=O) groups is 4. The molecule has 0 spiro atoms. The van der Waals surface area contributed by atoms with Gasteiger partial charge >= 0.3 is 23.9 Å². The van der Waals surface area contributed by atoms with Crippen molar-refractivity contribution < 1.29 is 42.9 Å². The Balaban J connectivity index is 2.27. The van der Waals surface area contributed by atoms with Crippen LogP contribution in [0.4, 0.5) is 0 Å². The molecule has 0 radical (unpaired) electrons. The molecule has 2 rings (SSSR count). The van der Waals surface area contributed by atoms with E-state index in [2.05, 4.69) is 6.07 Å². The first-order valence-corrected chi connectivity index (χ1v) is 11.3. The largest absolute Gasteiger partial charge is 0.465 e. The zero-order chi connectivity index (χ0) is 25.8. The summed E-state index contributed by atoms with van der Waals surface area (Å²) in [7, 11) is 0. The van der Waals surface area contributed by atoms with Crippen LogP contribution in [0.1, 0.15) is 39.7 Å². The Morgan fingerprint density at radius 1 is 0.743 bits per heavy atom. The Hall–Kier alpha value is -3.46. The van der Waals surface area contributed by atoms with E-state index in [9.17, 15) is 19.2 Å². The molecule has 0 aromatic heterocycles. The molecule has 0 saturated heterocycles. The Bertz CT molecular complexity index is 1020. The van der Waals surface area contributed by atoms with E-state index in [1.807, 2.05) is 36.4 Å². The maximum absolute atomic E-state index is 12.0. The Morgan fingerprint density at radius 3 is 2.00 bits per heavy atom. The van der Waals surface area contributed by atoms with Gasteiger partial charge in [-0.1, -0.05) is 42.5 Å². The lowest BCUT2D eigenvalue weighted by Gasteiger charge is -2.32. The van der Waals surface area contributed by atoms with Gasteiger partial charge in [0.2, 0.25) is 0 Å². The maximum Gasteiger partial charge on any atom is 0.304 e. The number of fused-ring (bicyclic) bond motifs is 1. The van der Waals surface area contributed by atoms with E-state index in [0.29, 0.717) is 12.8 Å². The minimum atomic E-state index is -0.959. The lowest BCUT2D eigenvalue weighted by atomic mass is 9.91. The van der Waals surface area contributed by atoms with Gasteiger partial charge in [-0.3, -0.25) is 19.2 Å². The van der Waals surface area contributed by atoms with Crippen LogP contribution >= 0.6 is 0 Å². The summed E-state index contributed by atoms with van der Waals surface area (Å²) in [6.45, 7) is 4.27. The summed E-state index contributed by atoms with van der Waals surface area (Å²) in [5, 5.41) is 2.21. The van der Waals surface area contributed by atoms with E-state index in [1.165, 1.54) is 27.7 Å². The molecule has 0 bridgehead atoms. The van der Waals surface area contributed by atoms with E-state index in [0.717, 1.165) is 16.3 Å². The van der Waals surface area contributed by atoms with Crippen LogP contribution < -0.4 is 0 Å². The highest BCUT2D eigenvalue weighted by molar-refractivity contribution is 5.83. The van der Waals surface area contributed by atoms with Crippen LogP contribution in [0.25, 0.3) is 10.8 Å². The summed E-state index contributed by atoms with van der Waals surface area (Å²) >= 11 is 0. The predicted molar refractivity (Wildman–Crippen MR) is 126 cm³/mol. The van der Waals surface area contributed by atoms with Gasteiger partial charge in [0.15, 0.2) is 6.79 Å². The van der Waals surface area contributed by atoms with Gasteiger partial charge in [-0.2, -0.15) is 0 Å². The second kappa shape index (κ2) is 14.1. The van der Waals surface area contributed by atoms with Gasteiger partial charge in [0.05, 0.1) is 6.61 Å². The molecule has 2 aromatic rings. The highest BCUT2D eigenvalue weighted by Crippen LogP contribution is 2.24. The van der Waals surface area contributed by atoms with Gasteiger partial charge in [0.1, 0.15) is 18.8 Å². The maximum atomic E-state index is 12.0. The molecule has 0 N–H and O–H groups in total. The van der Waals surface area contributed by atoms with Crippen molar-refractivity contribution in [3.8, 4) is 0 Å².